The van der Waals surface area contributed by atoms with E-state index in [9.17, 15) is 4.39 Å². The lowest BCUT2D eigenvalue weighted by molar-refractivity contribution is 0.454. The molecule has 0 atom stereocenters. The fourth-order valence-electron chi connectivity index (χ4n) is 1.64. The number of rotatable bonds is 5. The molecule has 20 heavy (non-hydrogen) atoms. The lowest BCUT2D eigenvalue weighted by Crippen LogP contribution is -2.05. The second kappa shape index (κ2) is 6.18. The first kappa shape index (κ1) is 14.0. The molecule has 0 aliphatic rings. The Balaban J connectivity index is 2.24. The fourth-order valence-corrected chi connectivity index (χ4v) is 1.64. The number of nitrogens with one attached hydrogen (secondary N) is 1. The van der Waals surface area contributed by atoms with Crippen molar-refractivity contribution in [1.82, 2.24) is 9.97 Å². The highest BCUT2D eigenvalue weighted by atomic mass is 19.1. The maximum atomic E-state index is 13.2. The van der Waals surface area contributed by atoms with E-state index in [0.29, 0.717) is 11.6 Å². The Morgan fingerprint density at radius 3 is 2.85 bits per heavy atom. The first-order valence-electron chi connectivity index (χ1n) is 6.41. The molecule has 2 rings (SSSR count). The van der Waals surface area contributed by atoms with E-state index in [1.54, 1.807) is 12.1 Å². The molecule has 6 heteroatoms. The van der Waals surface area contributed by atoms with Crippen molar-refractivity contribution in [1.29, 1.82) is 0 Å². The van der Waals surface area contributed by atoms with Crippen molar-refractivity contribution < 1.29 is 9.13 Å². The maximum absolute atomic E-state index is 13.2. The molecule has 0 aliphatic heterocycles. The number of aryl methyl sites for hydroxylation is 1. The normalized spacial score (nSPS) is 10.3. The van der Waals surface area contributed by atoms with E-state index in [1.807, 2.05) is 13.8 Å². The predicted octanol–water partition coefficient (Wildman–Crippen LogP) is 3.12. The number of nitrogens with zero attached hydrogens (tertiary/aromatic N) is 2. The van der Waals surface area contributed by atoms with Crippen molar-refractivity contribution in [2.45, 2.75) is 20.3 Å². The third-order valence-electron chi connectivity index (χ3n) is 2.64. The molecular weight excluding hydrogens is 259 g/mol. The highest BCUT2D eigenvalue weighted by Crippen LogP contribution is 2.26. The van der Waals surface area contributed by atoms with Gasteiger partial charge in [-0.05, 0) is 25.0 Å². The van der Waals surface area contributed by atoms with Crippen molar-refractivity contribution >= 4 is 11.8 Å². The summed E-state index contributed by atoms with van der Waals surface area (Å²) in [6, 6.07) is 5.97. The molecule has 0 unspecified atom stereocenters. The van der Waals surface area contributed by atoms with E-state index in [1.165, 1.54) is 12.1 Å². The molecule has 3 N–H and O–H groups in total. The molecule has 5 nitrogen and oxygen atoms in total. The molecule has 0 amide bonds. The van der Waals surface area contributed by atoms with Gasteiger partial charge >= 0.3 is 0 Å². The topological polar surface area (TPSA) is 73.1 Å². The number of hydrogen-bond acceptors (Lipinski definition) is 5. The Morgan fingerprint density at radius 1 is 1.30 bits per heavy atom. The summed E-state index contributed by atoms with van der Waals surface area (Å²) >= 11 is 0. The minimum absolute atomic E-state index is 0.107. The van der Waals surface area contributed by atoms with Crippen LogP contribution in [0.5, 0.6) is 11.6 Å². The zero-order chi connectivity index (χ0) is 14.5. The second-order valence-electron chi connectivity index (χ2n) is 4.39. The Hall–Kier alpha value is -2.37. The number of ether oxygens (including phenoxy) is 1. The van der Waals surface area contributed by atoms with Crippen LogP contribution in [-0.4, -0.2) is 16.5 Å². The van der Waals surface area contributed by atoms with Gasteiger partial charge in [-0.3, -0.25) is 0 Å². The predicted molar refractivity (Wildman–Crippen MR) is 76.4 cm³/mol. The first-order chi connectivity index (χ1) is 9.58. The number of nitrogens with two attached hydrogens (primary N) is 1. The van der Waals surface area contributed by atoms with E-state index < -0.39 is 0 Å². The minimum Gasteiger partial charge on any atom is -0.438 e. The summed E-state index contributed by atoms with van der Waals surface area (Å²) in [6.07, 6.45) is 0.961. The zero-order valence-electron chi connectivity index (χ0n) is 11.5. The average molecular weight is 276 g/mol. The van der Waals surface area contributed by atoms with E-state index in [2.05, 4.69) is 15.3 Å². The van der Waals surface area contributed by atoms with Crippen molar-refractivity contribution in [2.75, 3.05) is 17.6 Å². The molecule has 1 heterocycles. The van der Waals surface area contributed by atoms with Gasteiger partial charge in [0.05, 0.1) is 0 Å². The van der Waals surface area contributed by atoms with Gasteiger partial charge in [-0.15, -0.1) is 0 Å². The van der Waals surface area contributed by atoms with Gasteiger partial charge in [-0.1, -0.05) is 13.0 Å². The molecule has 1 aromatic heterocycles. The van der Waals surface area contributed by atoms with Crippen molar-refractivity contribution in [3.63, 3.8) is 0 Å². The molecule has 0 spiro atoms. The van der Waals surface area contributed by atoms with Crippen LogP contribution in [0.4, 0.5) is 16.2 Å². The van der Waals surface area contributed by atoms with E-state index in [4.69, 9.17) is 10.5 Å². The molecule has 0 saturated heterocycles. The number of benzene rings is 1. The lowest BCUT2D eigenvalue weighted by atomic mass is 10.2. The summed E-state index contributed by atoms with van der Waals surface area (Å²) in [6.45, 7) is 4.65. The highest BCUT2D eigenvalue weighted by Gasteiger charge is 2.07. The SMILES string of the molecule is CCCNc1cc(Oc2cc(F)ccc2C)nc(N)n1. The summed E-state index contributed by atoms with van der Waals surface area (Å²) in [5.41, 5.74) is 6.45. The molecule has 0 saturated carbocycles. The van der Waals surface area contributed by atoms with Gasteiger partial charge in [-0.2, -0.15) is 9.97 Å². The van der Waals surface area contributed by atoms with Crippen LogP contribution in [0.1, 0.15) is 18.9 Å². The van der Waals surface area contributed by atoms with Gasteiger partial charge in [0.1, 0.15) is 17.4 Å². The summed E-state index contributed by atoms with van der Waals surface area (Å²) in [4.78, 5) is 8.04. The standard InChI is InChI=1S/C14H17FN4O/c1-3-6-17-12-8-13(19-14(16)18-12)20-11-7-10(15)5-4-9(11)2/h4-5,7-8H,3,6H2,1-2H3,(H3,16,17,18,19). The molecule has 0 fully saturated rings. The fraction of sp³-hybridized carbons (Fsp3) is 0.286. The molecule has 0 bridgehead atoms. The van der Waals surface area contributed by atoms with Crippen LogP contribution in [0.2, 0.25) is 0 Å². The molecule has 0 radical (unpaired) electrons. The van der Waals surface area contributed by atoms with Crippen LogP contribution in [0.15, 0.2) is 24.3 Å². The summed E-state index contributed by atoms with van der Waals surface area (Å²) < 4.78 is 18.8. The zero-order valence-corrected chi connectivity index (χ0v) is 11.5. The monoisotopic (exact) mass is 276 g/mol. The highest BCUT2D eigenvalue weighted by molar-refractivity contribution is 5.44. The van der Waals surface area contributed by atoms with Gasteiger partial charge in [0.25, 0.3) is 0 Å². The maximum Gasteiger partial charge on any atom is 0.226 e. The van der Waals surface area contributed by atoms with Gasteiger partial charge in [-0.25, -0.2) is 4.39 Å². The van der Waals surface area contributed by atoms with Crippen molar-refractivity contribution in [2.24, 2.45) is 0 Å². The van der Waals surface area contributed by atoms with E-state index >= 15 is 0 Å². The number of anilines is 2. The van der Waals surface area contributed by atoms with Crippen LogP contribution in [0.25, 0.3) is 0 Å². The lowest BCUT2D eigenvalue weighted by Gasteiger charge is -2.10. The Labute approximate surface area is 117 Å². The van der Waals surface area contributed by atoms with Crippen LogP contribution in [0.3, 0.4) is 0 Å². The molecule has 106 valence electrons. The third kappa shape index (κ3) is 3.57. The third-order valence-corrected chi connectivity index (χ3v) is 2.64. The quantitative estimate of drug-likeness (QED) is 0.877. The van der Waals surface area contributed by atoms with Gasteiger partial charge in [0.15, 0.2) is 0 Å². The smallest absolute Gasteiger partial charge is 0.226 e. The number of aromatic nitrogens is 2. The average Bonchev–Trinajstić information content (AvgIpc) is 2.40. The van der Waals surface area contributed by atoms with E-state index in [0.717, 1.165) is 18.5 Å². The number of halogens is 1. The van der Waals surface area contributed by atoms with Crippen LogP contribution in [-0.2, 0) is 0 Å². The Morgan fingerprint density at radius 2 is 2.10 bits per heavy atom. The van der Waals surface area contributed by atoms with Crippen molar-refractivity contribution in [3.8, 4) is 11.6 Å². The van der Waals surface area contributed by atoms with Gasteiger partial charge in [0, 0.05) is 18.7 Å². The molecule has 2 aromatic rings. The first-order valence-corrected chi connectivity index (χ1v) is 6.41. The number of nitrogen functional groups attached to an aromatic ring is 1. The largest absolute Gasteiger partial charge is 0.438 e. The summed E-state index contributed by atoms with van der Waals surface area (Å²) in [5.74, 6) is 1.02. The summed E-state index contributed by atoms with van der Waals surface area (Å²) in [5, 5.41) is 3.10. The molecule has 1 aromatic carbocycles. The molecule has 0 aliphatic carbocycles. The summed E-state index contributed by atoms with van der Waals surface area (Å²) in [7, 11) is 0. The minimum atomic E-state index is -0.364. The second-order valence-corrected chi connectivity index (χ2v) is 4.39. The van der Waals surface area contributed by atoms with Gasteiger partial charge < -0.3 is 15.8 Å². The van der Waals surface area contributed by atoms with Crippen molar-refractivity contribution in [3.05, 3.63) is 35.6 Å². The van der Waals surface area contributed by atoms with Crippen LogP contribution < -0.4 is 15.8 Å². The van der Waals surface area contributed by atoms with E-state index in [-0.39, 0.29) is 17.6 Å². The Bertz CT molecular complexity index is 604. The molecular formula is C14H17FN4O. The van der Waals surface area contributed by atoms with Crippen LogP contribution >= 0.6 is 0 Å². The van der Waals surface area contributed by atoms with Gasteiger partial charge in [0.2, 0.25) is 11.8 Å². The Kier molecular flexibility index (Phi) is 4.34. The number of hydrogen-bond donors (Lipinski definition) is 2. The van der Waals surface area contributed by atoms with Crippen LogP contribution in [0, 0.1) is 12.7 Å².